The first-order valence-corrected chi connectivity index (χ1v) is 12.3. The second-order valence-corrected chi connectivity index (χ2v) is 9.56. The SMILES string of the molecule is CCC1C(C(=O)NN2CCCCCC2)=NN(c2ccc(Cl)cc2Cl)C1c1ccc(Cl)cc1.Cl. The number of hydrogen-bond acceptors (Lipinski definition) is 4. The Balaban J connectivity index is 0.00000306. The van der Waals surface area contributed by atoms with E-state index >= 15 is 0 Å². The smallest absolute Gasteiger partial charge is 0.282 e. The first-order valence-electron chi connectivity index (χ1n) is 11.1. The third-order valence-electron chi connectivity index (χ3n) is 6.12. The third kappa shape index (κ3) is 5.95. The molecule has 2 aliphatic rings. The Morgan fingerprint density at radius 3 is 2.24 bits per heavy atom. The van der Waals surface area contributed by atoms with Gasteiger partial charge in [0.15, 0.2) is 0 Å². The predicted octanol–water partition coefficient (Wildman–Crippen LogP) is 6.92. The number of nitrogens with zero attached hydrogens (tertiary/aromatic N) is 3. The summed E-state index contributed by atoms with van der Waals surface area (Å²) in [5.41, 5.74) is 5.36. The van der Waals surface area contributed by atoms with Gasteiger partial charge in [-0.3, -0.25) is 15.2 Å². The van der Waals surface area contributed by atoms with Gasteiger partial charge in [0.2, 0.25) is 0 Å². The zero-order chi connectivity index (χ0) is 22.7. The Labute approximate surface area is 216 Å². The molecule has 0 bridgehead atoms. The van der Waals surface area contributed by atoms with Crippen molar-refractivity contribution in [2.24, 2.45) is 11.0 Å². The average molecular weight is 530 g/mol. The number of rotatable bonds is 5. The van der Waals surface area contributed by atoms with Crippen molar-refractivity contribution in [2.75, 3.05) is 18.1 Å². The number of hydrazine groups is 1. The number of benzene rings is 2. The van der Waals surface area contributed by atoms with Gasteiger partial charge in [-0.05, 0) is 55.2 Å². The van der Waals surface area contributed by atoms with E-state index in [1.807, 2.05) is 40.3 Å². The van der Waals surface area contributed by atoms with Crippen LogP contribution in [0.15, 0.2) is 47.6 Å². The fraction of sp³-hybridized carbons (Fsp3) is 0.417. The summed E-state index contributed by atoms with van der Waals surface area (Å²) in [4.78, 5) is 13.4. The Morgan fingerprint density at radius 2 is 1.64 bits per heavy atom. The lowest BCUT2D eigenvalue weighted by Gasteiger charge is -2.29. The second kappa shape index (κ2) is 11.8. The summed E-state index contributed by atoms with van der Waals surface area (Å²) >= 11 is 18.8. The molecule has 2 aromatic rings. The number of hydrogen-bond donors (Lipinski definition) is 1. The van der Waals surface area contributed by atoms with E-state index in [0.717, 1.165) is 37.9 Å². The van der Waals surface area contributed by atoms with E-state index in [1.165, 1.54) is 12.8 Å². The highest BCUT2D eigenvalue weighted by Crippen LogP contribution is 2.43. The molecule has 0 radical (unpaired) electrons. The van der Waals surface area contributed by atoms with Crippen molar-refractivity contribution in [3.05, 3.63) is 63.1 Å². The molecular formula is C24H28Cl4N4O. The number of carbonyl (C=O) groups is 1. The Bertz CT molecular complexity index is 990. The van der Waals surface area contributed by atoms with Crippen molar-refractivity contribution in [3.63, 3.8) is 0 Å². The van der Waals surface area contributed by atoms with Gasteiger partial charge in [0.05, 0.1) is 16.8 Å². The maximum Gasteiger partial charge on any atom is 0.282 e. The topological polar surface area (TPSA) is 47.9 Å². The summed E-state index contributed by atoms with van der Waals surface area (Å²) < 4.78 is 0. The van der Waals surface area contributed by atoms with Gasteiger partial charge >= 0.3 is 0 Å². The molecule has 1 saturated heterocycles. The first-order chi connectivity index (χ1) is 15.5. The van der Waals surface area contributed by atoms with E-state index in [9.17, 15) is 4.79 Å². The van der Waals surface area contributed by atoms with Crippen LogP contribution in [0.4, 0.5) is 5.69 Å². The monoisotopic (exact) mass is 528 g/mol. The lowest BCUT2D eigenvalue weighted by molar-refractivity contribution is -0.119. The summed E-state index contributed by atoms with van der Waals surface area (Å²) in [5.74, 6) is -0.250. The molecule has 0 spiro atoms. The van der Waals surface area contributed by atoms with Crippen LogP contribution in [0.2, 0.25) is 15.1 Å². The van der Waals surface area contributed by atoms with Crippen LogP contribution >= 0.6 is 47.2 Å². The van der Waals surface area contributed by atoms with Gasteiger partial charge in [-0.2, -0.15) is 5.10 Å². The lowest BCUT2D eigenvalue weighted by Crippen LogP contribution is -2.47. The third-order valence-corrected chi connectivity index (χ3v) is 6.91. The number of carbonyl (C=O) groups excluding carboxylic acids is 1. The molecule has 2 unspecified atom stereocenters. The highest BCUT2D eigenvalue weighted by molar-refractivity contribution is 6.41. The number of amides is 1. The van der Waals surface area contributed by atoms with E-state index in [2.05, 4.69) is 12.3 Å². The minimum Gasteiger partial charge on any atom is -0.284 e. The van der Waals surface area contributed by atoms with Crippen LogP contribution in [-0.2, 0) is 4.79 Å². The Kier molecular flexibility index (Phi) is 9.31. The van der Waals surface area contributed by atoms with Gasteiger partial charge in [-0.25, -0.2) is 5.01 Å². The second-order valence-electron chi connectivity index (χ2n) is 8.28. The van der Waals surface area contributed by atoms with E-state index in [4.69, 9.17) is 39.9 Å². The van der Waals surface area contributed by atoms with Crippen molar-refractivity contribution >= 4 is 64.5 Å². The van der Waals surface area contributed by atoms with Crippen LogP contribution in [0.3, 0.4) is 0 Å². The summed E-state index contributed by atoms with van der Waals surface area (Å²) in [6, 6.07) is 12.8. The van der Waals surface area contributed by atoms with E-state index in [0.29, 0.717) is 26.5 Å². The van der Waals surface area contributed by atoms with Gasteiger partial charge in [-0.1, -0.05) is 66.7 Å². The molecule has 1 fully saturated rings. The molecular weight excluding hydrogens is 502 g/mol. The molecule has 33 heavy (non-hydrogen) atoms. The molecule has 2 heterocycles. The highest BCUT2D eigenvalue weighted by Gasteiger charge is 2.42. The van der Waals surface area contributed by atoms with Gasteiger partial charge < -0.3 is 0 Å². The Hall–Kier alpha value is -1.50. The molecule has 178 valence electrons. The quantitative estimate of drug-likeness (QED) is 0.457. The molecule has 0 aromatic heterocycles. The minimum absolute atomic E-state index is 0. The summed E-state index contributed by atoms with van der Waals surface area (Å²) in [5, 5.41) is 10.4. The van der Waals surface area contributed by atoms with Crippen molar-refractivity contribution in [1.29, 1.82) is 0 Å². The normalized spacial score (nSPS) is 21.2. The van der Waals surface area contributed by atoms with Crippen LogP contribution < -0.4 is 10.4 Å². The van der Waals surface area contributed by atoms with Crippen molar-refractivity contribution < 1.29 is 4.79 Å². The first kappa shape index (κ1) is 26.1. The maximum absolute atomic E-state index is 13.4. The number of nitrogens with one attached hydrogen (secondary N) is 1. The zero-order valence-electron chi connectivity index (χ0n) is 18.4. The standard InChI is InChI=1S/C24H27Cl3N4O.ClH/c1-2-19-22(24(32)29-30-13-5-3-4-6-14-30)28-31(21-12-11-18(26)15-20(21)27)23(19)16-7-9-17(25)10-8-16;/h7-12,15,19,23H,2-6,13-14H2,1H3,(H,29,32);1H. The van der Waals surface area contributed by atoms with E-state index in [-0.39, 0.29) is 30.3 Å². The zero-order valence-corrected chi connectivity index (χ0v) is 21.5. The summed E-state index contributed by atoms with van der Waals surface area (Å²) in [6.45, 7) is 3.81. The van der Waals surface area contributed by atoms with E-state index < -0.39 is 0 Å². The maximum atomic E-state index is 13.4. The van der Waals surface area contributed by atoms with Gasteiger partial charge in [0.1, 0.15) is 5.71 Å². The minimum atomic E-state index is -0.180. The molecule has 2 atom stereocenters. The summed E-state index contributed by atoms with van der Waals surface area (Å²) in [6.07, 6.45) is 5.33. The number of anilines is 1. The van der Waals surface area contributed by atoms with Gasteiger partial charge in [0, 0.05) is 29.1 Å². The number of hydrazone groups is 1. The van der Waals surface area contributed by atoms with E-state index in [1.54, 1.807) is 12.1 Å². The van der Waals surface area contributed by atoms with Crippen molar-refractivity contribution in [3.8, 4) is 0 Å². The van der Waals surface area contributed by atoms with Gasteiger partial charge in [-0.15, -0.1) is 12.4 Å². The molecule has 9 heteroatoms. The molecule has 1 amide bonds. The largest absolute Gasteiger partial charge is 0.284 e. The predicted molar refractivity (Wildman–Crippen MR) is 140 cm³/mol. The highest BCUT2D eigenvalue weighted by atomic mass is 35.5. The summed E-state index contributed by atoms with van der Waals surface area (Å²) in [7, 11) is 0. The fourth-order valence-electron chi connectivity index (χ4n) is 4.49. The molecule has 2 aliphatic heterocycles. The molecule has 0 saturated carbocycles. The molecule has 4 rings (SSSR count). The number of halogens is 4. The van der Waals surface area contributed by atoms with Crippen molar-refractivity contribution in [1.82, 2.24) is 10.4 Å². The molecule has 5 nitrogen and oxygen atoms in total. The molecule has 2 aromatic carbocycles. The lowest BCUT2D eigenvalue weighted by atomic mass is 9.87. The van der Waals surface area contributed by atoms with Crippen LogP contribution in [0.25, 0.3) is 0 Å². The average Bonchev–Trinajstić information content (AvgIpc) is 2.96. The fourth-order valence-corrected chi connectivity index (χ4v) is 5.11. The van der Waals surface area contributed by atoms with Crippen LogP contribution in [-0.4, -0.2) is 29.7 Å². The van der Waals surface area contributed by atoms with Gasteiger partial charge in [0.25, 0.3) is 5.91 Å². The van der Waals surface area contributed by atoms with Crippen LogP contribution in [0.1, 0.15) is 50.6 Å². The van der Waals surface area contributed by atoms with Crippen molar-refractivity contribution in [2.45, 2.75) is 45.1 Å². The molecule has 0 aliphatic carbocycles. The van der Waals surface area contributed by atoms with Crippen LogP contribution in [0.5, 0.6) is 0 Å². The van der Waals surface area contributed by atoms with Crippen LogP contribution in [0, 0.1) is 5.92 Å². The Morgan fingerprint density at radius 1 is 1.00 bits per heavy atom. The molecule has 1 N–H and O–H groups in total.